The molecule has 0 aliphatic carbocycles. The summed E-state index contributed by atoms with van der Waals surface area (Å²) in [4.78, 5) is 16.0. The van der Waals surface area contributed by atoms with E-state index >= 15 is 0 Å². The van der Waals surface area contributed by atoms with Crippen LogP contribution < -0.4 is 19.8 Å². The standard InChI is InChI=1S/C27H41N5O4S2/c1-5-6-7-21(2)14-19-38(28,36)24-11-8-22(9-12-24)30-27(33)25-20-23(32-17-15-29-16-18-32)10-13-26(25)31(3)37(4,34)35/h8-13,20-21,28-29H,5-7,14-19H2,1-4H3,(H,30,33)/t21-,38?/m1/s1. The number of hydrogen-bond acceptors (Lipinski definition) is 7. The van der Waals surface area contributed by atoms with E-state index in [1.54, 1.807) is 36.4 Å². The highest BCUT2D eigenvalue weighted by molar-refractivity contribution is 7.92. The van der Waals surface area contributed by atoms with E-state index in [0.717, 1.165) is 68.1 Å². The summed E-state index contributed by atoms with van der Waals surface area (Å²) < 4.78 is 47.1. The SMILES string of the molecule is CCCC[C@@H](C)CCS(=N)(=O)c1ccc(NC(=O)c2cc(N3CCNCC3)ccc2N(C)S(C)(=O)=O)cc1. The summed E-state index contributed by atoms with van der Waals surface area (Å²) in [5, 5.41) is 6.14. The molecule has 0 saturated carbocycles. The third-order valence-electron chi connectivity index (χ3n) is 6.99. The average Bonchev–Trinajstić information content (AvgIpc) is 2.90. The minimum atomic E-state index is -3.58. The van der Waals surface area contributed by atoms with Crippen LogP contribution in [0.3, 0.4) is 0 Å². The first-order valence-corrected chi connectivity index (χ1v) is 16.7. The number of amides is 1. The number of nitrogens with one attached hydrogen (secondary N) is 3. The van der Waals surface area contributed by atoms with Gasteiger partial charge in [0, 0.05) is 55.2 Å². The topological polar surface area (TPSA) is 123 Å². The molecule has 2 aromatic carbocycles. The van der Waals surface area contributed by atoms with E-state index in [9.17, 15) is 17.4 Å². The van der Waals surface area contributed by atoms with Gasteiger partial charge in [-0.25, -0.2) is 17.4 Å². The van der Waals surface area contributed by atoms with Gasteiger partial charge in [-0.15, -0.1) is 0 Å². The lowest BCUT2D eigenvalue weighted by Crippen LogP contribution is -2.43. The third kappa shape index (κ3) is 7.94. The summed E-state index contributed by atoms with van der Waals surface area (Å²) in [6.07, 6.45) is 5.17. The van der Waals surface area contributed by atoms with Gasteiger partial charge < -0.3 is 15.5 Å². The molecule has 0 spiro atoms. The second-order valence-electron chi connectivity index (χ2n) is 10.1. The van der Waals surface area contributed by atoms with E-state index in [1.807, 2.05) is 6.07 Å². The number of carbonyl (C=O) groups excluding carboxylic acids is 1. The predicted octanol–water partition coefficient (Wildman–Crippen LogP) is 4.37. The highest BCUT2D eigenvalue weighted by Gasteiger charge is 2.23. The highest BCUT2D eigenvalue weighted by atomic mass is 32.2. The Bertz CT molecular complexity index is 1310. The Morgan fingerprint density at radius 2 is 1.76 bits per heavy atom. The van der Waals surface area contributed by atoms with Crippen molar-refractivity contribution in [1.29, 1.82) is 4.78 Å². The Morgan fingerprint density at radius 3 is 2.37 bits per heavy atom. The molecule has 1 aliphatic heterocycles. The van der Waals surface area contributed by atoms with Crippen LogP contribution >= 0.6 is 0 Å². The van der Waals surface area contributed by atoms with Crippen LogP contribution in [-0.2, 0) is 19.8 Å². The van der Waals surface area contributed by atoms with E-state index in [-0.39, 0.29) is 11.3 Å². The van der Waals surface area contributed by atoms with E-state index < -0.39 is 25.7 Å². The van der Waals surface area contributed by atoms with Gasteiger partial charge in [0.1, 0.15) is 0 Å². The van der Waals surface area contributed by atoms with Crippen LogP contribution in [0.5, 0.6) is 0 Å². The van der Waals surface area contributed by atoms with Gasteiger partial charge in [0.15, 0.2) is 0 Å². The molecule has 210 valence electrons. The Kier molecular flexibility index (Phi) is 10.2. The molecule has 11 heteroatoms. The van der Waals surface area contributed by atoms with Crippen LogP contribution in [-0.4, -0.2) is 63.8 Å². The van der Waals surface area contributed by atoms with Gasteiger partial charge in [-0.05, 0) is 54.8 Å². The van der Waals surface area contributed by atoms with Gasteiger partial charge in [0.05, 0.1) is 27.2 Å². The molecule has 0 radical (unpaired) electrons. The Labute approximate surface area is 228 Å². The second kappa shape index (κ2) is 12.9. The monoisotopic (exact) mass is 563 g/mol. The van der Waals surface area contributed by atoms with Crippen molar-refractivity contribution in [2.24, 2.45) is 5.92 Å². The van der Waals surface area contributed by atoms with Crippen LogP contribution in [0.2, 0.25) is 0 Å². The summed E-state index contributed by atoms with van der Waals surface area (Å²) in [6.45, 7) is 7.51. The van der Waals surface area contributed by atoms with Gasteiger partial charge in [0.25, 0.3) is 5.91 Å². The molecule has 38 heavy (non-hydrogen) atoms. The van der Waals surface area contributed by atoms with Crippen molar-refractivity contribution in [3.05, 3.63) is 48.0 Å². The van der Waals surface area contributed by atoms with Crippen molar-refractivity contribution in [2.45, 2.75) is 44.4 Å². The fourth-order valence-corrected chi connectivity index (χ4v) is 6.48. The van der Waals surface area contributed by atoms with Crippen LogP contribution in [0.1, 0.15) is 49.9 Å². The first kappa shape index (κ1) is 29.9. The van der Waals surface area contributed by atoms with Crippen molar-refractivity contribution in [1.82, 2.24) is 5.32 Å². The van der Waals surface area contributed by atoms with Crippen LogP contribution in [0.4, 0.5) is 17.1 Å². The maximum absolute atomic E-state index is 13.4. The quantitative estimate of drug-likeness (QED) is 0.353. The third-order valence-corrected chi connectivity index (χ3v) is 10.0. The number of unbranched alkanes of at least 4 members (excludes halogenated alkanes) is 1. The van der Waals surface area contributed by atoms with E-state index in [2.05, 4.69) is 29.4 Å². The molecule has 1 heterocycles. The number of piperazine rings is 1. The normalized spacial score (nSPS) is 16.5. The number of anilines is 3. The zero-order valence-electron chi connectivity index (χ0n) is 22.8. The molecule has 1 saturated heterocycles. The molecule has 1 aliphatic rings. The minimum absolute atomic E-state index is 0.239. The molecule has 2 atom stereocenters. The van der Waals surface area contributed by atoms with Crippen molar-refractivity contribution < 1.29 is 17.4 Å². The number of sulfonamides is 1. The molecular weight excluding hydrogens is 522 g/mol. The van der Waals surface area contributed by atoms with Gasteiger partial charge in [-0.1, -0.05) is 33.1 Å². The molecule has 3 N–H and O–H groups in total. The molecule has 9 nitrogen and oxygen atoms in total. The predicted molar refractivity (Wildman–Crippen MR) is 156 cm³/mol. The maximum atomic E-state index is 13.4. The van der Waals surface area contributed by atoms with Crippen molar-refractivity contribution in [3.63, 3.8) is 0 Å². The van der Waals surface area contributed by atoms with Crippen LogP contribution in [0.15, 0.2) is 47.4 Å². The molecule has 3 rings (SSSR count). The second-order valence-corrected chi connectivity index (χ2v) is 14.3. The molecule has 1 unspecified atom stereocenters. The summed E-state index contributed by atoms with van der Waals surface area (Å²) in [7, 11) is -5.09. The lowest BCUT2D eigenvalue weighted by molar-refractivity contribution is 0.102. The summed E-state index contributed by atoms with van der Waals surface area (Å²) in [5.41, 5.74) is 1.85. The number of rotatable bonds is 12. The first-order chi connectivity index (χ1) is 17.9. The largest absolute Gasteiger partial charge is 0.369 e. The number of carbonyl (C=O) groups is 1. The van der Waals surface area contributed by atoms with Gasteiger partial charge in [0.2, 0.25) is 10.0 Å². The maximum Gasteiger partial charge on any atom is 0.257 e. The number of nitrogens with zero attached hydrogens (tertiary/aromatic N) is 2. The van der Waals surface area contributed by atoms with Crippen molar-refractivity contribution in [3.8, 4) is 0 Å². The van der Waals surface area contributed by atoms with Crippen molar-refractivity contribution in [2.75, 3.05) is 59.8 Å². The number of hydrogen-bond donors (Lipinski definition) is 3. The smallest absolute Gasteiger partial charge is 0.257 e. The molecule has 1 fully saturated rings. The molecule has 0 bridgehead atoms. The van der Waals surface area contributed by atoms with E-state index in [1.165, 1.54) is 7.05 Å². The van der Waals surface area contributed by atoms with Crippen LogP contribution in [0, 0.1) is 10.7 Å². The van der Waals surface area contributed by atoms with E-state index in [0.29, 0.717) is 22.3 Å². The summed E-state index contributed by atoms with van der Waals surface area (Å²) in [6, 6.07) is 11.8. The average molecular weight is 564 g/mol. The fraction of sp³-hybridized carbons (Fsp3) is 0.519. The van der Waals surface area contributed by atoms with Gasteiger partial charge in [-0.2, -0.15) is 0 Å². The fourth-order valence-electron chi connectivity index (χ4n) is 4.42. The van der Waals surface area contributed by atoms with Crippen LogP contribution in [0.25, 0.3) is 0 Å². The lowest BCUT2D eigenvalue weighted by Gasteiger charge is -2.30. The summed E-state index contributed by atoms with van der Waals surface area (Å²) in [5.74, 6) is 0.288. The molecular formula is C27H41N5O4S2. The summed E-state index contributed by atoms with van der Waals surface area (Å²) >= 11 is 0. The Balaban J connectivity index is 1.79. The lowest BCUT2D eigenvalue weighted by atomic mass is 10.0. The zero-order chi connectivity index (χ0) is 27.9. The van der Waals surface area contributed by atoms with Gasteiger partial charge in [-0.3, -0.25) is 9.10 Å². The Morgan fingerprint density at radius 1 is 1.11 bits per heavy atom. The zero-order valence-corrected chi connectivity index (χ0v) is 24.5. The van der Waals surface area contributed by atoms with Gasteiger partial charge >= 0.3 is 0 Å². The Hall–Kier alpha value is -2.63. The first-order valence-electron chi connectivity index (χ1n) is 13.1. The molecule has 1 amide bonds. The number of benzene rings is 2. The minimum Gasteiger partial charge on any atom is -0.369 e. The highest BCUT2D eigenvalue weighted by Crippen LogP contribution is 2.29. The van der Waals surface area contributed by atoms with E-state index in [4.69, 9.17) is 4.78 Å². The van der Waals surface area contributed by atoms with Crippen molar-refractivity contribution >= 4 is 42.7 Å². The molecule has 2 aromatic rings. The molecule has 0 aromatic heterocycles.